The highest BCUT2D eigenvalue weighted by Crippen LogP contribution is 2.25. The van der Waals surface area contributed by atoms with Gasteiger partial charge in [0.1, 0.15) is 0 Å². The summed E-state index contributed by atoms with van der Waals surface area (Å²) < 4.78 is 0. The summed E-state index contributed by atoms with van der Waals surface area (Å²) in [7, 11) is 0. The molecule has 0 bridgehead atoms. The van der Waals surface area contributed by atoms with E-state index in [9.17, 15) is 9.59 Å². The molecule has 0 saturated heterocycles. The molecule has 2 aromatic carbocycles. The number of hydrogen-bond donors (Lipinski definition) is 2. The van der Waals surface area contributed by atoms with Gasteiger partial charge in [0.05, 0.1) is 23.1 Å². The van der Waals surface area contributed by atoms with Gasteiger partial charge in [-0.25, -0.2) is 0 Å². The van der Waals surface area contributed by atoms with Crippen molar-refractivity contribution in [3.05, 3.63) is 63.6 Å². The van der Waals surface area contributed by atoms with Crippen LogP contribution in [0.2, 0.25) is 10.0 Å². The Kier molecular flexibility index (Phi) is 9.45. The van der Waals surface area contributed by atoms with E-state index in [2.05, 4.69) is 10.6 Å². The molecule has 0 unspecified atom stereocenters. The topological polar surface area (TPSA) is 61.4 Å². The Labute approximate surface area is 182 Å². The van der Waals surface area contributed by atoms with Crippen molar-refractivity contribution >= 4 is 40.7 Å². The molecule has 0 saturated carbocycles. The van der Waals surface area contributed by atoms with Gasteiger partial charge in [-0.05, 0) is 49.6 Å². The Morgan fingerprint density at radius 2 is 1.72 bits per heavy atom. The molecule has 0 heterocycles. The van der Waals surface area contributed by atoms with Gasteiger partial charge in [0.2, 0.25) is 11.8 Å². The van der Waals surface area contributed by atoms with E-state index in [1.165, 1.54) is 0 Å². The lowest BCUT2D eigenvalue weighted by Gasteiger charge is -2.21. The molecule has 156 valence electrons. The van der Waals surface area contributed by atoms with Gasteiger partial charge in [-0.2, -0.15) is 0 Å². The minimum Gasteiger partial charge on any atom is -0.355 e. The van der Waals surface area contributed by atoms with Crippen LogP contribution in [0.25, 0.3) is 0 Å². The van der Waals surface area contributed by atoms with Crippen LogP contribution in [0.4, 0.5) is 5.69 Å². The first-order valence-corrected chi connectivity index (χ1v) is 10.4. The monoisotopic (exact) mass is 435 g/mol. The number of anilines is 1. The van der Waals surface area contributed by atoms with E-state index < -0.39 is 0 Å². The summed E-state index contributed by atoms with van der Waals surface area (Å²) in [5.74, 6) is -0.258. The Morgan fingerprint density at radius 3 is 2.45 bits per heavy atom. The SMILES string of the molecule is CCCN(CC(=O)NCCc1cccc(Cl)c1Cl)CC(=O)Nc1ccccc1C. The van der Waals surface area contributed by atoms with Crippen molar-refractivity contribution in [1.29, 1.82) is 0 Å². The quantitative estimate of drug-likeness (QED) is 0.584. The maximum absolute atomic E-state index is 12.4. The fourth-order valence-corrected chi connectivity index (χ4v) is 3.39. The van der Waals surface area contributed by atoms with Crippen LogP contribution in [-0.2, 0) is 16.0 Å². The first-order valence-electron chi connectivity index (χ1n) is 9.68. The number of nitrogens with one attached hydrogen (secondary N) is 2. The molecule has 2 amide bonds. The van der Waals surface area contributed by atoms with E-state index in [0.29, 0.717) is 29.6 Å². The van der Waals surface area contributed by atoms with Crippen LogP contribution in [0.1, 0.15) is 24.5 Å². The summed E-state index contributed by atoms with van der Waals surface area (Å²) in [5, 5.41) is 6.82. The van der Waals surface area contributed by atoms with Gasteiger partial charge >= 0.3 is 0 Å². The van der Waals surface area contributed by atoms with Gasteiger partial charge in [-0.3, -0.25) is 14.5 Å². The zero-order chi connectivity index (χ0) is 21.2. The lowest BCUT2D eigenvalue weighted by Crippen LogP contribution is -2.42. The molecule has 0 atom stereocenters. The first kappa shape index (κ1) is 23.2. The number of nitrogens with zero attached hydrogens (tertiary/aromatic N) is 1. The molecule has 0 spiro atoms. The zero-order valence-electron chi connectivity index (χ0n) is 16.8. The second kappa shape index (κ2) is 11.8. The Bertz CT molecular complexity index is 843. The van der Waals surface area contributed by atoms with E-state index in [-0.39, 0.29) is 24.9 Å². The second-order valence-corrected chi connectivity index (χ2v) is 7.67. The molecule has 7 heteroatoms. The van der Waals surface area contributed by atoms with Crippen LogP contribution in [0.15, 0.2) is 42.5 Å². The van der Waals surface area contributed by atoms with Crippen molar-refractivity contribution in [1.82, 2.24) is 10.2 Å². The molecule has 2 aromatic rings. The average molecular weight is 436 g/mol. The third-order valence-electron chi connectivity index (χ3n) is 4.44. The Hall–Kier alpha value is -2.08. The van der Waals surface area contributed by atoms with Crippen LogP contribution < -0.4 is 10.6 Å². The van der Waals surface area contributed by atoms with Gasteiger partial charge in [0.15, 0.2) is 0 Å². The smallest absolute Gasteiger partial charge is 0.238 e. The fourth-order valence-electron chi connectivity index (χ4n) is 2.97. The summed E-state index contributed by atoms with van der Waals surface area (Å²) in [4.78, 5) is 26.6. The van der Waals surface area contributed by atoms with Gasteiger partial charge in [-0.1, -0.05) is 60.5 Å². The van der Waals surface area contributed by atoms with Crippen molar-refractivity contribution in [3.63, 3.8) is 0 Å². The standard InChI is InChI=1S/C22H27Cl2N3O2/c1-3-13-27(15-21(29)26-19-10-5-4-7-16(19)2)14-20(28)25-12-11-17-8-6-9-18(23)22(17)24/h4-10H,3,11-15H2,1-2H3,(H,25,28)(H,26,29). The van der Waals surface area contributed by atoms with Gasteiger partial charge in [0.25, 0.3) is 0 Å². The number of rotatable bonds is 10. The van der Waals surface area contributed by atoms with Crippen LogP contribution in [0, 0.1) is 6.92 Å². The predicted molar refractivity (Wildman–Crippen MR) is 120 cm³/mol. The minimum atomic E-state index is -0.133. The van der Waals surface area contributed by atoms with Crippen molar-refractivity contribution in [2.45, 2.75) is 26.7 Å². The molecular formula is C22H27Cl2N3O2. The molecule has 0 aliphatic heterocycles. The van der Waals surface area contributed by atoms with Crippen LogP contribution in [0.5, 0.6) is 0 Å². The number of amides is 2. The molecule has 0 fully saturated rings. The van der Waals surface area contributed by atoms with Gasteiger partial charge in [-0.15, -0.1) is 0 Å². The molecule has 5 nitrogen and oxygen atoms in total. The van der Waals surface area contributed by atoms with E-state index >= 15 is 0 Å². The van der Waals surface area contributed by atoms with Crippen LogP contribution >= 0.6 is 23.2 Å². The number of aryl methyl sites for hydroxylation is 1. The summed E-state index contributed by atoms with van der Waals surface area (Å²) in [6, 6.07) is 13.1. The molecule has 29 heavy (non-hydrogen) atoms. The zero-order valence-corrected chi connectivity index (χ0v) is 18.3. The molecule has 2 N–H and O–H groups in total. The van der Waals surface area contributed by atoms with Gasteiger partial charge < -0.3 is 10.6 Å². The molecular weight excluding hydrogens is 409 g/mol. The maximum Gasteiger partial charge on any atom is 0.238 e. The second-order valence-electron chi connectivity index (χ2n) is 6.89. The molecule has 0 radical (unpaired) electrons. The number of carbonyl (C=O) groups is 2. The number of benzene rings is 2. The van der Waals surface area contributed by atoms with Crippen molar-refractivity contribution < 1.29 is 9.59 Å². The largest absolute Gasteiger partial charge is 0.355 e. The summed E-state index contributed by atoms with van der Waals surface area (Å²) >= 11 is 12.2. The number of hydrogen-bond acceptors (Lipinski definition) is 3. The lowest BCUT2D eigenvalue weighted by atomic mass is 10.1. The van der Waals surface area contributed by atoms with E-state index in [0.717, 1.165) is 23.2 Å². The number of carbonyl (C=O) groups excluding carboxylic acids is 2. The average Bonchev–Trinajstić information content (AvgIpc) is 2.67. The third kappa shape index (κ3) is 7.69. The Balaban J connectivity index is 1.82. The van der Waals surface area contributed by atoms with Crippen molar-refractivity contribution in [3.8, 4) is 0 Å². The van der Waals surface area contributed by atoms with E-state index in [1.54, 1.807) is 6.07 Å². The lowest BCUT2D eigenvalue weighted by molar-refractivity contribution is -0.123. The summed E-state index contributed by atoms with van der Waals surface area (Å²) in [6.45, 7) is 5.40. The molecule has 0 aliphatic rings. The normalized spacial score (nSPS) is 10.8. The molecule has 0 aromatic heterocycles. The van der Waals surface area contributed by atoms with Crippen molar-refractivity contribution in [2.75, 3.05) is 31.5 Å². The first-order chi connectivity index (χ1) is 13.9. The van der Waals surface area contributed by atoms with Crippen LogP contribution in [-0.4, -0.2) is 42.9 Å². The highest BCUT2D eigenvalue weighted by molar-refractivity contribution is 6.42. The molecule has 2 rings (SSSR count). The van der Waals surface area contributed by atoms with Crippen molar-refractivity contribution in [2.24, 2.45) is 0 Å². The van der Waals surface area contributed by atoms with E-state index in [1.807, 2.05) is 55.1 Å². The number of halogens is 2. The van der Waals surface area contributed by atoms with E-state index in [4.69, 9.17) is 23.2 Å². The highest BCUT2D eigenvalue weighted by atomic mass is 35.5. The summed E-state index contributed by atoms with van der Waals surface area (Å²) in [5.41, 5.74) is 2.68. The summed E-state index contributed by atoms with van der Waals surface area (Å²) in [6.07, 6.45) is 1.44. The van der Waals surface area contributed by atoms with Crippen LogP contribution in [0.3, 0.4) is 0 Å². The maximum atomic E-state index is 12.4. The predicted octanol–water partition coefficient (Wildman–Crippen LogP) is 4.31. The fraction of sp³-hybridized carbons (Fsp3) is 0.364. The third-order valence-corrected chi connectivity index (χ3v) is 5.30. The molecule has 0 aliphatic carbocycles. The van der Waals surface area contributed by atoms with Gasteiger partial charge in [0, 0.05) is 12.2 Å². The Morgan fingerprint density at radius 1 is 1.00 bits per heavy atom. The minimum absolute atomic E-state index is 0.125. The highest BCUT2D eigenvalue weighted by Gasteiger charge is 2.15. The number of para-hydroxylation sites is 1.